The molecule has 0 fully saturated rings. The molecular weight excluding hydrogens is 270 g/mol. The average molecular weight is 285 g/mol. The van der Waals surface area contributed by atoms with Gasteiger partial charge in [0.2, 0.25) is 12.0 Å². The minimum Gasteiger partial charge on any atom is -0.476 e. The number of hydrazine groups is 1. The normalized spacial score (nSPS) is 11.5. The van der Waals surface area contributed by atoms with Crippen LogP contribution in [-0.2, 0) is 4.79 Å². The van der Waals surface area contributed by atoms with E-state index in [1.165, 1.54) is 6.07 Å². The zero-order chi connectivity index (χ0) is 15.2. The van der Waals surface area contributed by atoms with Crippen molar-refractivity contribution in [1.29, 1.82) is 0 Å². The van der Waals surface area contributed by atoms with Gasteiger partial charge in [-0.25, -0.2) is 5.84 Å². The van der Waals surface area contributed by atoms with Crippen LogP contribution >= 0.6 is 0 Å². The maximum atomic E-state index is 11.9. The van der Waals surface area contributed by atoms with E-state index in [4.69, 9.17) is 16.3 Å². The van der Waals surface area contributed by atoms with Crippen LogP contribution in [0.5, 0.6) is 5.75 Å². The van der Waals surface area contributed by atoms with E-state index in [1.54, 1.807) is 42.5 Å². The summed E-state index contributed by atoms with van der Waals surface area (Å²) in [4.78, 5) is 23.0. The van der Waals surface area contributed by atoms with Crippen LogP contribution in [0.4, 0.5) is 0 Å². The topological polar surface area (TPSA) is 107 Å². The summed E-state index contributed by atoms with van der Waals surface area (Å²) in [5, 5.41) is 0. The first-order valence-corrected chi connectivity index (χ1v) is 6.23. The number of carbonyl (C=O) groups is 2. The number of nitrogens with one attached hydrogen (secondary N) is 1. The Morgan fingerprint density at radius 1 is 1.05 bits per heavy atom. The molecule has 0 aromatic heterocycles. The number of amides is 2. The summed E-state index contributed by atoms with van der Waals surface area (Å²) in [6.45, 7) is 0. The summed E-state index contributed by atoms with van der Waals surface area (Å²) in [5.41, 5.74) is 8.22. The van der Waals surface area contributed by atoms with Crippen molar-refractivity contribution in [3.8, 4) is 5.75 Å². The molecule has 0 heterocycles. The number of ether oxygens (including phenoxy) is 1. The molecule has 2 aromatic rings. The van der Waals surface area contributed by atoms with Gasteiger partial charge in [-0.1, -0.05) is 36.4 Å². The highest BCUT2D eigenvalue weighted by atomic mass is 16.5. The highest BCUT2D eigenvalue weighted by molar-refractivity contribution is 5.93. The van der Waals surface area contributed by atoms with E-state index in [0.717, 1.165) is 0 Å². The number of nitrogens with two attached hydrogens (primary N) is 2. The number of carbonyl (C=O) groups excluding carboxylic acids is 2. The fourth-order valence-electron chi connectivity index (χ4n) is 1.84. The summed E-state index contributed by atoms with van der Waals surface area (Å²) >= 11 is 0. The van der Waals surface area contributed by atoms with Crippen molar-refractivity contribution >= 4 is 11.8 Å². The van der Waals surface area contributed by atoms with Gasteiger partial charge in [-0.2, -0.15) is 0 Å². The minimum absolute atomic E-state index is 0.299. The predicted molar refractivity (Wildman–Crippen MR) is 77.1 cm³/mol. The van der Waals surface area contributed by atoms with Crippen molar-refractivity contribution < 1.29 is 14.3 Å². The van der Waals surface area contributed by atoms with E-state index in [-0.39, 0.29) is 0 Å². The van der Waals surface area contributed by atoms with Gasteiger partial charge in [0.1, 0.15) is 5.75 Å². The molecule has 108 valence electrons. The molecule has 0 spiro atoms. The second kappa shape index (κ2) is 6.53. The Hall–Kier alpha value is -2.86. The van der Waals surface area contributed by atoms with Gasteiger partial charge in [0, 0.05) is 11.1 Å². The van der Waals surface area contributed by atoms with Crippen molar-refractivity contribution in [3.63, 3.8) is 0 Å². The molecule has 0 aliphatic heterocycles. The number of hydrogen-bond donors (Lipinski definition) is 3. The van der Waals surface area contributed by atoms with Crippen molar-refractivity contribution in [2.24, 2.45) is 11.6 Å². The lowest BCUT2D eigenvalue weighted by Crippen LogP contribution is -2.37. The van der Waals surface area contributed by atoms with Crippen molar-refractivity contribution in [2.75, 3.05) is 0 Å². The zero-order valence-corrected chi connectivity index (χ0v) is 11.2. The van der Waals surface area contributed by atoms with Gasteiger partial charge in [-0.15, -0.1) is 0 Å². The van der Waals surface area contributed by atoms with Gasteiger partial charge in [0.15, 0.2) is 0 Å². The maximum Gasteiger partial charge on any atom is 0.279 e. The van der Waals surface area contributed by atoms with Crippen molar-refractivity contribution in [1.82, 2.24) is 5.43 Å². The van der Waals surface area contributed by atoms with E-state index in [1.807, 2.05) is 6.07 Å². The van der Waals surface area contributed by atoms with Crippen LogP contribution < -0.4 is 21.7 Å². The predicted octanol–water partition coefficient (Wildman–Crippen LogP) is 0.895. The van der Waals surface area contributed by atoms with Gasteiger partial charge in [-0.05, 0) is 18.2 Å². The molecule has 1 atom stereocenters. The van der Waals surface area contributed by atoms with Crippen LogP contribution in [0.2, 0.25) is 0 Å². The maximum absolute atomic E-state index is 11.9. The third kappa shape index (κ3) is 3.58. The molecule has 6 heteroatoms. The number of benzene rings is 2. The van der Waals surface area contributed by atoms with Crippen molar-refractivity contribution in [2.45, 2.75) is 6.10 Å². The molecule has 6 nitrogen and oxygen atoms in total. The fraction of sp³-hybridized carbons (Fsp3) is 0.0667. The van der Waals surface area contributed by atoms with Crippen molar-refractivity contribution in [3.05, 3.63) is 65.7 Å². The van der Waals surface area contributed by atoms with E-state index in [2.05, 4.69) is 5.43 Å². The summed E-state index contributed by atoms with van der Waals surface area (Å²) in [5.74, 6) is 4.47. The molecule has 1 unspecified atom stereocenters. The van der Waals surface area contributed by atoms with E-state index < -0.39 is 17.9 Å². The number of rotatable bonds is 5. The fourth-order valence-corrected chi connectivity index (χ4v) is 1.84. The summed E-state index contributed by atoms with van der Waals surface area (Å²) in [7, 11) is 0. The lowest BCUT2D eigenvalue weighted by atomic mass is 10.1. The van der Waals surface area contributed by atoms with Crippen LogP contribution in [0.15, 0.2) is 54.6 Å². The molecule has 5 N–H and O–H groups in total. The highest BCUT2D eigenvalue weighted by Gasteiger charge is 2.21. The summed E-state index contributed by atoms with van der Waals surface area (Å²) < 4.78 is 5.64. The van der Waals surface area contributed by atoms with Gasteiger partial charge in [-0.3, -0.25) is 15.0 Å². The molecule has 0 radical (unpaired) electrons. The standard InChI is InChI=1S/C15H15N3O3/c16-14(19)11-7-4-8-12(9-11)21-13(15(20)18-17)10-5-2-1-3-6-10/h1-9,13H,17H2,(H2,16,19)(H,18,20). The zero-order valence-electron chi connectivity index (χ0n) is 11.2. The van der Waals surface area contributed by atoms with Gasteiger partial charge >= 0.3 is 0 Å². The SMILES string of the molecule is NNC(=O)C(Oc1cccc(C(N)=O)c1)c1ccccc1. The smallest absolute Gasteiger partial charge is 0.279 e. The molecule has 0 saturated heterocycles. The quantitative estimate of drug-likeness (QED) is 0.431. The molecule has 2 amide bonds. The van der Waals surface area contributed by atoms with Crippen LogP contribution in [0.1, 0.15) is 22.0 Å². The van der Waals surface area contributed by atoms with Crippen LogP contribution in [0.3, 0.4) is 0 Å². The Kier molecular flexibility index (Phi) is 4.53. The van der Waals surface area contributed by atoms with Gasteiger partial charge < -0.3 is 10.5 Å². The molecule has 2 rings (SSSR count). The second-order valence-corrected chi connectivity index (χ2v) is 4.31. The third-order valence-electron chi connectivity index (χ3n) is 2.86. The van der Waals surface area contributed by atoms with E-state index in [0.29, 0.717) is 16.9 Å². The molecule has 0 aliphatic carbocycles. The Balaban J connectivity index is 2.29. The Morgan fingerprint density at radius 2 is 1.76 bits per heavy atom. The lowest BCUT2D eigenvalue weighted by Gasteiger charge is -2.18. The van der Waals surface area contributed by atoms with Crippen LogP contribution in [0.25, 0.3) is 0 Å². The second-order valence-electron chi connectivity index (χ2n) is 4.31. The number of hydrogen-bond acceptors (Lipinski definition) is 4. The van der Waals surface area contributed by atoms with Gasteiger partial charge in [0.05, 0.1) is 0 Å². The monoisotopic (exact) mass is 285 g/mol. The first kappa shape index (κ1) is 14.5. The summed E-state index contributed by atoms with van der Waals surface area (Å²) in [6.07, 6.45) is -0.917. The van der Waals surface area contributed by atoms with Gasteiger partial charge in [0.25, 0.3) is 5.91 Å². The van der Waals surface area contributed by atoms with Crippen LogP contribution in [0, 0.1) is 0 Å². The van der Waals surface area contributed by atoms with E-state index >= 15 is 0 Å². The molecule has 0 bridgehead atoms. The third-order valence-corrected chi connectivity index (χ3v) is 2.86. The first-order chi connectivity index (χ1) is 10.1. The molecule has 0 aliphatic rings. The molecule has 2 aromatic carbocycles. The van der Waals surface area contributed by atoms with E-state index in [9.17, 15) is 9.59 Å². The Labute approximate surface area is 121 Å². The van der Waals surface area contributed by atoms with Crippen LogP contribution in [-0.4, -0.2) is 11.8 Å². The Bertz CT molecular complexity index is 644. The number of primary amides is 1. The average Bonchev–Trinajstić information content (AvgIpc) is 2.53. The first-order valence-electron chi connectivity index (χ1n) is 6.23. The minimum atomic E-state index is -0.917. The lowest BCUT2D eigenvalue weighted by molar-refractivity contribution is -0.128. The Morgan fingerprint density at radius 3 is 2.38 bits per heavy atom. The largest absolute Gasteiger partial charge is 0.476 e. The molecule has 21 heavy (non-hydrogen) atoms. The summed E-state index contributed by atoms with van der Waals surface area (Å²) in [6, 6.07) is 15.2. The molecular formula is C15H15N3O3. The molecule has 0 saturated carbocycles. The highest BCUT2D eigenvalue weighted by Crippen LogP contribution is 2.23.